The van der Waals surface area contributed by atoms with Crippen LogP contribution < -0.4 is 19.9 Å². The van der Waals surface area contributed by atoms with Crippen LogP contribution >= 0.6 is 0 Å². The molecule has 116 valence electrons. The zero-order chi connectivity index (χ0) is 15.5. The molecule has 1 aliphatic rings. The molecule has 22 heavy (non-hydrogen) atoms. The number of aryl methyl sites for hydroxylation is 2. The smallest absolute Gasteiger partial charge is 0.161 e. The molecule has 0 aliphatic carbocycles. The van der Waals surface area contributed by atoms with Crippen molar-refractivity contribution in [1.29, 1.82) is 0 Å². The molecular weight excluding hydrogens is 278 g/mol. The lowest BCUT2D eigenvalue weighted by atomic mass is 10.1. The fourth-order valence-electron chi connectivity index (χ4n) is 2.53. The number of hydrogen-bond acceptors (Lipinski definition) is 4. The Labute approximate surface area is 130 Å². The molecule has 3 rings (SSSR count). The third-order valence-corrected chi connectivity index (χ3v) is 3.74. The summed E-state index contributed by atoms with van der Waals surface area (Å²) in [7, 11) is 0. The molecule has 1 aliphatic heterocycles. The van der Waals surface area contributed by atoms with Gasteiger partial charge in [0.05, 0.1) is 6.04 Å². The van der Waals surface area contributed by atoms with Crippen LogP contribution in [0.3, 0.4) is 0 Å². The Hall–Kier alpha value is -2.20. The molecule has 1 unspecified atom stereocenters. The fraction of sp³-hybridized carbons (Fsp3) is 0.333. The number of rotatable bonds is 4. The van der Waals surface area contributed by atoms with Gasteiger partial charge in [0.2, 0.25) is 0 Å². The molecule has 2 aromatic carbocycles. The monoisotopic (exact) mass is 299 g/mol. The first kappa shape index (κ1) is 14.7. The van der Waals surface area contributed by atoms with E-state index in [0.29, 0.717) is 19.8 Å². The van der Waals surface area contributed by atoms with Gasteiger partial charge >= 0.3 is 0 Å². The van der Waals surface area contributed by atoms with Crippen molar-refractivity contribution in [3.8, 4) is 17.2 Å². The van der Waals surface area contributed by atoms with Gasteiger partial charge in [-0.1, -0.05) is 23.8 Å². The van der Waals surface area contributed by atoms with E-state index in [2.05, 4.69) is 13.0 Å². The summed E-state index contributed by atoms with van der Waals surface area (Å²) in [6.45, 7) is 5.69. The fourth-order valence-corrected chi connectivity index (χ4v) is 2.53. The van der Waals surface area contributed by atoms with E-state index in [1.54, 1.807) is 0 Å². The van der Waals surface area contributed by atoms with Gasteiger partial charge in [0.15, 0.2) is 11.5 Å². The number of benzene rings is 2. The van der Waals surface area contributed by atoms with Crippen LogP contribution in [0.2, 0.25) is 0 Å². The molecule has 2 aromatic rings. The third-order valence-electron chi connectivity index (χ3n) is 3.74. The lowest BCUT2D eigenvalue weighted by molar-refractivity contribution is 0.171. The Balaban J connectivity index is 1.68. The van der Waals surface area contributed by atoms with Gasteiger partial charge in [0.1, 0.15) is 25.6 Å². The molecule has 1 heterocycles. The van der Waals surface area contributed by atoms with Crippen molar-refractivity contribution < 1.29 is 14.2 Å². The lowest BCUT2D eigenvalue weighted by Gasteiger charge is -2.21. The van der Waals surface area contributed by atoms with Crippen molar-refractivity contribution in [3.05, 3.63) is 53.1 Å². The van der Waals surface area contributed by atoms with Crippen LogP contribution in [-0.2, 0) is 0 Å². The first-order chi connectivity index (χ1) is 10.6. The molecule has 4 heteroatoms. The molecule has 0 aromatic heterocycles. The predicted molar refractivity (Wildman–Crippen MR) is 85.8 cm³/mol. The Kier molecular flexibility index (Phi) is 4.20. The lowest BCUT2D eigenvalue weighted by Crippen LogP contribution is -2.20. The molecular formula is C18H21NO3. The van der Waals surface area contributed by atoms with Gasteiger partial charge in [-0.2, -0.15) is 0 Å². The zero-order valence-corrected chi connectivity index (χ0v) is 13.0. The summed E-state index contributed by atoms with van der Waals surface area (Å²) in [5.74, 6) is 2.40. The number of ether oxygens (including phenoxy) is 3. The largest absolute Gasteiger partial charge is 0.491 e. The molecule has 4 nitrogen and oxygen atoms in total. The van der Waals surface area contributed by atoms with E-state index in [1.165, 1.54) is 5.56 Å². The number of hydrogen-bond donors (Lipinski definition) is 1. The number of fused-ring (bicyclic) bond motifs is 1. The summed E-state index contributed by atoms with van der Waals surface area (Å²) < 4.78 is 17.0. The summed E-state index contributed by atoms with van der Waals surface area (Å²) in [5.41, 5.74) is 9.56. The van der Waals surface area contributed by atoms with E-state index in [9.17, 15) is 0 Å². The Morgan fingerprint density at radius 1 is 1.05 bits per heavy atom. The van der Waals surface area contributed by atoms with Gasteiger partial charge < -0.3 is 19.9 Å². The normalized spacial score (nSPS) is 14.5. The maximum Gasteiger partial charge on any atom is 0.161 e. The first-order valence-electron chi connectivity index (χ1n) is 7.48. The third kappa shape index (κ3) is 3.17. The summed E-state index contributed by atoms with van der Waals surface area (Å²) in [6, 6.07) is 11.7. The second kappa shape index (κ2) is 6.28. The van der Waals surface area contributed by atoms with Crippen LogP contribution in [0.25, 0.3) is 0 Å². The second-order valence-electron chi connectivity index (χ2n) is 5.59. The van der Waals surface area contributed by atoms with E-state index in [-0.39, 0.29) is 6.04 Å². The topological polar surface area (TPSA) is 53.7 Å². The maximum absolute atomic E-state index is 6.23. The molecule has 0 amide bonds. The number of nitrogens with two attached hydrogens (primary N) is 1. The van der Waals surface area contributed by atoms with Crippen molar-refractivity contribution in [2.45, 2.75) is 19.9 Å². The van der Waals surface area contributed by atoms with Gasteiger partial charge in [-0.15, -0.1) is 0 Å². The first-order valence-corrected chi connectivity index (χ1v) is 7.48. The van der Waals surface area contributed by atoms with E-state index < -0.39 is 0 Å². The second-order valence-corrected chi connectivity index (χ2v) is 5.59. The van der Waals surface area contributed by atoms with Crippen molar-refractivity contribution in [2.24, 2.45) is 5.73 Å². The van der Waals surface area contributed by atoms with Crippen LogP contribution in [-0.4, -0.2) is 19.8 Å². The van der Waals surface area contributed by atoms with Gasteiger partial charge in [-0.05, 0) is 43.2 Å². The van der Waals surface area contributed by atoms with Crippen molar-refractivity contribution in [2.75, 3.05) is 19.8 Å². The molecule has 0 saturated heterocycles. The molecule has 0 bridgehead atoms. The van der Waals surface area contributed by atoms with Gasteiger partial charge in [-0.25, -0.2) is 0 Å². The molecule has 1 atom stereocenters. The molecule has 0 radical (unpaired) electrons. The summed E-state index contributed by atoms with van der Waals surface area (Å²) >= 11 is 0. The Morgan fingerprint density at radius 3 is 2.59 bits per heavy atom. The highest BCUT2D eigenvalue weighted by atomic mass is 16.6. The maximum atomic E-state index is 6.23. The Bertz CT molecular complexity index is 669. The van der Waals surface area contributed by atoms with Crippen molar-refractivity contribution in [3.63, 3.8) is 0 Å². The van der Waals surface area contributed by atoms with E-state index in [0.717, 1.165) is 28.4 Å². The molecule has 2 N–H and O–H groups in total. The van der Waals surface area contributed by atoms with Gasteiger partial charge in [0.25, 0.3) is 0 Å². The van der Waals surface area contributed by atoms with Gasteiger partial charge in [-0.3, -0.25) is 0 Å². The summed E-state index contributed by atoms with van der Waals surface area (Å²) in [4.78, 5) is 0. The minimum atomic E-state index is -0.212. The molecule has 0 saturated carbocycles. The average molecular weight is 299 g/mol. The predicted octanol–water partition coefficient (Wildman–Crippen LogP) is 3.15. The zero-order valence-electron chi connectivity index (χ0n) is 13.0. The minimum Gasteiger partial charge on any atom is -0.491 e. The van der Waals surface area contributed by atoms with Crippen molar-refractivity contribution in [1.82, 2.24) is 0 Å². The highest BCUT2D eigenvalue weighted by Crippen LogP contribution is 2.32. The van der Waals surface area contributed by atoms with E-state index in [1.807, 2.05) is 37.3 Å². The summed E-state index contributed by atoms with van der Waals surface area (Å²) in [6.07, 6.45) is 0. The Morgan fingerprint density at radius 2 is 1.82 bits per heavy atom. The highest BCUT2D eigenvalue weighted by molar-refractivity contribution is 5.44. The highest BCUT2D eigenvalue weighted by Gasteiger charge is 2.15. The standard InChI is InChI=1S/C18H21NO3/c1-12-3-5-16(13(2)9-12)22-11-15(19)14-4-6-17-18(10-14)21-8-7-20-17/h3-6,9-10,15H,7-8,11,19H2,1-2H3. The van der Waals surface area contributed by atoms with Crippen LogP contribution in [0.1, 0.15) is 22.7 Å². The van der Waals surface area contributed by atoms with Gasteiger partial charge in [0, 0.05) is 0 Å². The average Bonchev–Trinajstić information content (AvgIpc) is 2.53. The van der Waals surface area contributed by atoms with Crippen LogP contribution in [0, 0.1) is 13.8 Å². The van der Waals surface area contributed by atoms with Crippen LogP contribution in [0.15, 0.2) is 36.4 Å². The quantitative estimate of drug-likeness (QED) is 0.942. The molecule has 0 spiro atoms. The van der Waals surface area contributed by atoms with E-state index in [4.69, 9.17) is 19.9 Å². The SMILES string of the molecule is Cc1ccc(OCC(N)c2ccc3c(c2)OCCO3)c(C)c1. The van der Waals surface area contributed by atoms with E-state index >= 15 is 0 Å². The van der Waals surface area contributed by atoms with Crippen LogP contribution in [0.5, 0.6) is 17.2 Å². The minimum absolute atomic E-state index is 0.212. The molecule has 0 fully saturated rings. The van der Waals surface area contributed by atoms with Crippen LogP contribution in [0.4, 0.5) is 0 Å². The van der Waals surface area contributed by atoms with Crippen molar-refractivity contribution >= 4 is 0 Å². The summed E-state index contributed by atoms with van der Waals surface area (Å²) in [5, 5.41) is 0.